The molecule has 3 rings (SSSR count). The van der Waals surface area contributed by atoms with Crippen LogP contribution in [-0.2, 0) is 0 Å². The third-order valence-corrected chi connectivity index (χ3v) is 4.42. The normalized spacial score (nSPS) is 25.7. The molecule has 1 N–H and O–H groups in total. The molecule has 0 spiro atoms. The summed E-state index contributed by atoms with van der Waals surface area (Å²) in [7, 11) is 0. The van der Waals surface area contributed by atoms with Crippen molar-refractivity contribution >= 4 is 0 Å². The molecular weight excluding hydrogens is 236 g/mol. The minimum absolute atomic E-state index is 0.295. The van der Waals surface area contributed by atoms with E-state index in [9.17, 15) is 0 Å². The lowest BCUT2D eigenvalue weighted by Crippen LogP contribution is -2.29. The van der Waals surface area contributed by atoms with Crippen LogP contribution in [0.3, 0.4) is 0 Å². The second-order valence-electron chi connectivity index (χ2n) is 6.04. The lowest BCUT2D eigenvalue weighted by Gasteiger charge is -2.18. The Bertz CT molecular complexity index is 430. The Morgan fingerprint density at radius 3 is 2.84 bits per heavy atom. The van der Waals surface area contributed by atoms with Crippen LogP contribution in [0.5, 0.6) is 0 Å². The van der Waals surface area contributed by atoms with Crippen LogP contribution in [0.2, 0.25) is 0 Å². The van der Waals surface area contributed by atoms with Crippen LogP contribution >= 0.6 is 0 Å². The average Bonchev–Trinajstić information content (AvgIpc) is 3.16. The Hall–Kier alpha value is -1.00. The monoisotopic (exact) mass is 260 g/mol. The van der Waals surface area contributed by atoms with Crippen LogP contribution < -0.4 is 5.32 Å². The first-order chi connectivity index (χ1) is 9.24. The van der Waals surface area contributed by atoms with E-state index >= 15 is 0 Å². The molecule has 2 fully saturated rings. The van der Waals surface area contributed by atoms with Crippen molar-refractivity contribution in [2.24, 2.45) is 5.92 Å². The first kappa shape index (κ1) is 13.0. The van der Waals surface area contributed by atoms with Crippen molar-refractivity contribution in [3.8, 4) is 0 Å². The van der Waals surface area contributed by atoms with Gasteiger partial charge in [-0.05, 0) is 52.1 Å². The number of rotatable bonds is 5. The fraction of sp³-hybridized carbons (Fsp3) is 0.733. The van der Waals surface area contributed by atoms with Crippen LogP contribution in [0.1, 0.15) is 43.6 Å². The highest BCUT2D eigenvalue weighted by Crippen LogP contribution is 2.31. The first-order valence-electron chi connectivity index (χ1n) is 7.49. The molecule has 0 aromatic carbocycles. The summed E-state index contributed by atoms with van der Waals surface area (Å²) in [6.45, 7) is 7.90. The van der Waals surface area contributed by atoms with Gasteiger partial charge in [0.25, 0.3) is 0 Å². The zero-order valence-corrected chi connectivity index (χ0v) is 12.0. The van der Waals surface area contributed by atoms with Crippen LogP contribution in [0.25, 0.3) is 0 Å². The summed E-state index contributed by atoms with van der Waals surface area (Å²) < 4.78 is 0. The van der Waals surface area contributed by atoms with E-state index in [4.69, 9.17) is 0 Å². The van der Waals surface area contributed by atoms with Gasteiger partial charge in [-0.2, -0.15) is 0 Å². The Labute approximate surface area is 115 Å². The highest BCUT2D eigenvalue weighted by Gasteiger charge is 2.34. The standard InChI is InChI=1S/C15H24N4/c1-11-15(17-7-6-16-11)12(2)18-9-13-5-8-19(10-13)14-3-4-14/h6-7,12-14,18H,3-5,8-10H2,1-2H3. The van der Waals surface area contributed by atoms with E-state index in [2.05, 4.69) is 27.1 Å². The summed E-state index contributed by atoms with van der Waals surface area (Å²) in [4.78, 5) is 11.4. The average molecular weight is 260 g/mol. The van der Waals surface area contributed by atoms with E-state index in [1.54, 1.807) is 12.4 Å². The van der Waals surface area contributed by atoms with Gasteiger partial charge >= 0.3 is 0 Å². The van der Waals surface area contributed by atoms with Crippen LogP contribution in [0.15, 0.2) is 12.4 Å². The van der Waals surface area contributed by atoms with E-state index in [-0.39, 0.29) is 0 Å². The molecule has 2 heterocycles. The maximum atomic E-state index is 4.44. The predicted octanol–water partition coefficient (Wildman–Crippen LogP) is 1.92. The number of aryl methyl sites for hydroxylation is 1. The Balaban J connectivity index is 1.48. The Morgan fingerprint density at radius 2 is 2.11 bits per heavy atom. The van der Waals surface area contributed by atoms with Crippen molar-refractivity contribution in [1.29, 1.82) is 0 Å². The van der Waals surface area contributed by atoms with Gasteiger partial charge in [0.1, 0.15) is 0 Å². The second kappa shape index (κ2) is 5.55. The fourth-order valence-corrected chi connectivity index (χ4v) is 3.08. The molecule has 19 heavy (non-hydrogen) atoms. The number of hydrogen-bond donors (Lipinski definition) is 1. The topological polar surface area (TPSA) is 41.1 Å². The Morgan fingerprint density at radius 1 is 1.32 bits per heavy atom. The summed E-state index contributed by atoms with van der Waals surface area (Å²) in [6, 6.07) is 1.22. The number of aromatic nitrogens is 2. The van der Waals surface area contributed by atoms with Gasteiger partial charge in [0, 0.05) is 31.0 Å². The largest absolute Gasteiger partial charge is 0.308 e. The lowest BCUT2D eigenvalue weighted by molar-refractivity contribution is 0.309. The maximum Gasteiger partial charge on any atom is 0.0782 e. The molecule has 0 bridgehead atoms. The van der Waals surface area contributed by atoms with E-state index < -0.39 is 0 Å². The Kier molecular flexibility index (Phi) is 3.80. The van der Waals surface area contributed by atoms with Gasteiger partial charge in [-0.25, -0.2) is 0 Å². The van der Waals surface area contributed by atoms with E-state index in [0.717, 1.165) is 29.9 Å². The molecule has 2 aliphatic rings. The quantitative estimate of drug-likeness (QED) is 0.878. The number of likely N-dealkylation sites (tertiary alicyclic amines) is 1. The van der Waals surface area contributed by atoms with Crippen molar-refractivity contribution in [3.05, 3.63) is 23.8 Å². The van der Waals surface area contributed by atoms with Crippen molar-refractivity contribution in [3.63, 3.8) is 0 Å². The maximum absolute atomic E-state index is 4.44. The van der Waals surface area contributed by atoms with E-state index in [1.807, 2.05) is 6.92 Å². The summed E-state index contributed by atoms with van der Waals surface area (Å²) in [5.41, 5.74) is 2.12. The minimum atomic E-state index is 0.295. The molecular formula is C15H24N4. The number of nitrogens with zero attached hydrogens (tertiary/aromatic N) is 3. The zero-order chi connectivity index (χ0) is 13.2. The van der Waals surface area contributed by atoms with E-state index in [1.165, 1.54) is 32.4 Å². The molecule has 2 atom stereocenters. The van der Waals surface area contributed by atoms with Crippen LogP contribution in [0.4, 0.5) is 0 Å². The van der Waals surface area contributed by atoms with Crippen LogP contribution in [0, 0.1) is 12.8 Å². The van der Waals surface area contributed by atoms with Crippen molar-refractivity contribution in [2.45, 2.75) is 45.2 Å². The SMILES string of the molecule is Cc1nccnc1C(C)NCC1CCN(C2CC2)C1. The molecule has 2 unspecified atom stereocenters. The van der Waals surface area contributed by atoms with Gasteiger partial charge in [-0.1, -0.05) is 0 Å². The van der Waals surface area contributed by atoms with Crippen molar-refractivity contribution in [1.82, 2.24) is 20.2 Å². The molecule has 1 saturated heterocycles. The molecule has 1 aliphatic carbocycles. The molecule has 1 aromatic heterocycles. The number of nitrogens with one attached hydrogen (secondary N) is 1. The molecule has 4 nitrogen and oxygen atoms in total. The summed E-state index contributed by atoms with van der Waals surface area (Å²) in [5, 5.41) is 3.63. The number of hydrogen-bond acceptors (Lipinski definition) is 4. The second-order valence-corrected chi connectivity index (χ2v) is 6.04. The zero-order valence-electron chi connectivity index (χ0n) is 12.0. The van der Waals surface area contributed by atoms with Crippen LogP contribution in [-0.4, -0.2) is 40.5 Å². The molecule has 104 valence electrons. The van der Waals surface area contributed by atoms with Gasteiger partial charge in [0.15, 0.2) is 0 Å². The summed E-state index contributed by atoms with van der Waals surface area (Å²) >= 11 is 0. The fourth-order valence-electron chi connectivity index (χ4n) is 3.08. The molecule has 4 heteroatoms. The third kappa shape index (κ3) is 3.12. The van der Waals surface area contributed by atoms with Crippen molar-refractivity contribution < 1.29 is 0 Å². The predicted molar refractivity (Wildman–Crippen MR) is 75.9 cm³/mol. The highest BCUT2D eigenvalue weighted by molar-refractivity contribution is 5.12. The molecule has 1 aromatic rings. The lowest BCUT2D eigenvalue weighted by atomic mass is 10.1. The highest BCUT2D eigenvalue weighted by atomic mass is 15.2. The van der Waals surface area contributed by atoms with Gasteiger partial charge in [0.05, 0.1) is 11.4 Å². The molecule has 1 aliphatic heterocycles. The molecule has 0 radical (unpaired) electrons. The van der Waals surface area contributed by atoms with Crippen molar-refractivity contribution in [2.75, 3.05) is 19.6 Å². The van der Waals surface area contributed by atoms with E-state index in [0.29, 0.717) is 6.04 Å². The first-order valence-corrected chi connectivity index (χ1v) is 7.49. The smallest absolute Gasteiger partial charge is 0.0782 e. The molecule has 1 saturated carbocycles. The van der Waals surface area contributed by atoms with Gasteiger partial charge < -0.3 is 10.2 Å². The summed E-state index contributed by atoms with van der Waals surface area (Å²) in [5.74, 6) is 0.806. The molecule has 0 amide bonds. The summed E-state index contributed by atoms with van der Waals surface area (Å²) in [6.07, 6.45) is 7.74. The van der Waals surface area contributed by atoms with Gasteiger partial charge in [-0.15, -0.1) is 0 Å². The third-order valence-electron chi connectivity index (χ3n) is 4.42. The van der Waals surface area contributed by atoms with Gasteiger partial charge in [-0.3, -0.25) is 9.97 Å². The minimum Gasteiger partial charge on any atom is -0.308 e. The van der Waals surface area contributed by atoms with Gasteiger partial charge in [0.2, 0.25) is 0 Å².